The molecule has 102 valence electrons. The molecule has 1 unspecified atom stereocenters. The molecule has 2 heterocycles. The van der Waals surface area contributed by atoms with E-state index < -0.39 is 0 Å². The second-order valence-corrected chi connectivity index (χ2v) is 5.36. The molecule has 4 nitrogen and oxygen atoms in total. The SMILES string of the molecule is CN(Cc1nc2ccccc2n1C)C1CCCOC1. The van der Waals surface area contributed by atoms with E-state index in [0.717, 1.165) is 37.5 Å². The number of hydrogen-bond acceptors (Lipinski definition) is 3. The normalized spacial score (nSPS) is 20.3. The van der Waals surface area contributed by atoms with Crippen molar-refractivity contribution in [3.8, 4) is 0 Å². The number of aromatic nitrogens is 2. The second-order valence-electron chi connectivity index (χ2n) is 5.36. The van der Waals surface area contributed by atoms with Gasteiger partial charge in [0.25, 0.3) is 0 Å². The fraction of sp³-hybridized carbons (Fsp3) is 0.533. The lowest BCUT2D eigenvalue weighted by Crippen LogP contribution is -2.38. The van der Waals surface area contributed by atoms with Crippen molar-refractivity contribution in [1.82, 2.24) is 14.5 Å². The van der Waals surface area contributed by atoms with Gasteiger partial charge in [-0.1, -0.05) is 12.1 Å². The molecule has 1 aliphatic rings. The van der Waals surface area contributed by atoms with E-state index in [1.54, 1.807) is 0 Å². The number of hydrogen-bond donors (Lipinski definition) is 0. The van der Waals surface area contributed by atoms with Gasteiger partial charge in [-0.2, -0.15) is 0 Å². The van der Waals surface area contributed by atoms with E-state index in [1.165, 1.54) is 11.9 Å². The van der Waals surface area contributed by atoms with Gasteiger partial charge < -0.3 is 9.30 Å². The maximum absolute atomic E-state index is 5.56. The first-order chi connectivity index (χ1) is 9.25. The highest BCUT2D eigenvalue weighted by Crippen LogP contribution is 2.18. The van der Waals surface area contributed by atoms with Crippen LogP contribution >= 0.6 is 0 Å². The van der Waals surface area contributed by atoms with Gasteiger partial charge in [0.1, 0.15) is 5.82 Å². The monoisotopic (exact) mass is 259 g/mol. The van der Waals surface area contributed by atoms with Gasteiger partial charge in [-0.15, -0.1) is 0 Å². The minimum Gasteiger partial charge on any atom is -0.380 e. The number of fused-ring (bicyclic) bond motifs is 1. The third kappa shape index (κ3) is 2.51. The number of ether oxygens (including phenoxy) is 1. The summed E-state index contributed by atoms with van der Waals surface area (Å²) in [5.74, 6) is 1.12. The molecule has 2 aromatic rings. The Morgan fingerprint density at radius 2 is 2.26 bits per heavy atom. The van der Waals surface area contributed by atoms with Crippen LogP contribution in [0.5, 0.6) is 0 Å². The first-order valence-electron chi connectivity index (χ1n) is 6.94. The number of benzene rings is 1. The predicted octanol–water partition coefficient (Wildman–Crippen LogP) is 2.18. The Balaban J connectivity index is 1.78. The summed E-state index contributed by atoms with van der Waals surface area (Å²) in [6, 6.07) is 8.82. The van der Waals surface area contributed by atoms with Crippen LogP contribution in [0.15, 0.2) is 24.3 Å². The summed E-state index contributed by atoms with van der Waals surface area (Å²) in [6.07, 6.45) is 2.39. The van der Waals surface area contributed by atoms with Crippen LogP contribution in [0, 0.1) is 0 Å². The van der Waals surface area contributed by atoms with E-state index in [-0.39, 0.29) is 0 Å². The van der Waals surface area contributed by atoms with Crippen LogP contribution in [-0.2, 0) is 18.3 Å². The molecule has 1 atom stereocenters. The van der Waals surface area contributed by atoms with Gasteiger partial charge in [-0.3, -0.25) is 4.90 Å². The van der Waals surface area contributed by atoms with E-state index >= 15 is 0 Å². The minimum atomic E-state index is 0.522. The van der Waals surface area contributed by atoms with Crippen molar-refractivity contribution in [1.29, 1.82) is 0 Å². The van der Waals surface area contributed by atoms with Crippen LogP contribution in [-0.4, -0.2) is 40.8 Å². The lowest BCUT2D eigenvalue weighted by Gasteiger charge is -2.30. The zero-order valence-electron chi connectivity index (χ0n) is 11.7. The summed E-state index contributed by atoms with van der Waals surface area (Å²) in [6.45, 7) is 2.64. The van der Waals surface area contributed by atoms with E-state index in [9.17, 15) is 0 Å². The molecule has 19 heavy (non-hydrogen) atoms. The van der Waals surface area contributed by atoms with E-state index in [1.807, 2.05) is 6.07 Å². The van der Waals surface area contributed by atoms with E-state index in [2.05, 4.69) is 41.8 Å². The molecule has 1 aliphatic heterocycles. The Hall–Kier alpha value is -1.39. The Bertz CT molecular complexity index is 558. The third-order valence-electron chi connectivity index (χ3n) is 4.03. The maximum atomic E-state index is 5.56. The van der Waals surface area contributed by atoms with Gasteiger partial charge in [0.2, 0.25) is 0 Å². The summed E-state index contributed by atoms with van der Waals surface area (Å²) < 4.78 is 7.75. The largest absolute Gasteiger partial charge is 0.380 e. The van der Waals surface area contributed by atoms with Crippen LogP contribution in [0.1, 0.15) is 18.7 Å². The zero-order chi connectivity index (χ0) is 13.2. The molecular weight excluding hydrogens is 238 g/mol. The molecule has 0 bridgehead atoms. The molecule has 0 amide bonds. The summed E-state index contributed by atoms with van der Waals surface area (Å²) in [7, 11) is 4.26. The summed E-state index contributed by atoms with van der Waals surface area (Å²) in [4.78, 5) is 7.09. The highest BCUT2D eigenvalue weighted by molar-refractivity contribution is 5.75. The fourth-order valence-corrected chi connectivity index (χ4v) is 2.76. The summed E-state index contributed by atoms with van der Waals surface area (Å²) in [5, 5.41) is 0. The number of nitrogens with zero attached hydrogens (tertiary/aromatic N) is 3. The lowest BCUT2D eigenvalue weighted by molar-refractivity contribution is 0.0240. The molecular formula is C15H21N3O. The number of para-hydroxylation sites is 2. The highest BCUT2D eigenvalue weighted by atomic mass is 16.5. The Morgan fingerprint density at radius 1 is 1.42 bits per heavy atom. The topological polar surface area (TPSA) is 30.3 Å². The van der Waals surface area contributed by atoms with Crippen molar-refractivity contribution in [3.05, 3.63) is 30.1 Å². The molecule has 3 rings (SSSR count). The molecule has 1 fully saturated rings. The second kappa shape index (κ2) is 5.31. The van der Waals surface area contributed by atoms with E-state index in [0.29, 0.717) is 6.04 Å². The molecule has 0 aliphatic carbocycles. The van der Waals surface area contributed by atoms with Gasteiger partial charge in [0.05, 0.1) is 24.2 Å². The van der Waals surface area contributed by atoms with Gasteiger partial charge in [0.15, 0.2) is 0 Å². The van der Waals surface area contributed by atoms with Crippen molar-refractivity contribution in [3.63, 3.8) is 0 Å². The van der Waals surface area contributed by atoms with Gasteiger partial charge in [0, 0.05) is 19.7 Å². The molecule has 4 heteroatoms. The smallest absolute Gasteiger partial charge is 0.123 e. The molecule has 0 saturated carbocycles. The summed E-state index contributed by atoms with van der Waals surface area (Å²) in [5.41, 5.74) is 2.28. The number of likely N-dealkylation sites (N-methyl/N-ethyl adjacent to an activating group) is 1. The molecule has 0 spiro atoms. The van der Waals surface area contributed by atoms with Crippen molar-refractivity contribution in [2.45, 2.75) is 25.4 Å². The Morgan fingerprint density at radius 3 is 3.00 bits per heavy atom. The van der Waals surface area contributed by atoms with Crippen LogP contribution < -0.4 is 0 Å². The van der Waals surface area contributed by atoms with Crippen LogP contribution in [0.3, 0.4) is 0 Å². The lowest BCUT2D eigenvalue weighted by atomic mass is 10.1. The van der Waals surface area contributed by atoms with Crippen molar-refractivity contribution in [2.24, 2.45) is 7.05 Å². The molecule has 1 saturated heterocycles. The predicted molar refractivity (Wildman–Crippen MR) is 76.0 cm³/mol. The number of imidazole rings is 1. The van der Waals surface area contributed by atoms with Crippen LogP contribution in [0.2, 0.25) is 0 Å². The first kappa shape index (κ1) is 12.6. The van der Waals surface area contributed by atoms with Gasteiger partial charge >= 0.3 is 0 Å². The Labute approximate surface area is 114 Å². The maximum Gasteiger partial charge on any atom is 0.123 e. The third-order valence-corrected chi connectivity index (χ3v) is 4.03. The average Bonchev–Trinajstić information content (AvgIpc) is 2.77. The molecule has 1 aromatic heterocycles. The Kier molecular flexibility index (Phi) is 3.53. The molecule has 1 aromatic carbocycles. The first-order valence-corrected chi connectivity index (χ1v) is 6.94. The zero-order valence-corrected chi connectivity index (χ0v) is 11.7. The number of rotatable bonds is 3. The van der Waals surface area contributed by atoms with Gasteiger partial charge in [-0.25, -0.2) is 4.98 Å². The number of aryl methyl sites for hydroxylation is 1. The highest BCUT2D eigenvalue weighted by Gasteiger charge is 2.20. The quantitative estimate of drug-likeness (QED) is 0.846. The van der Waals surface area contributed by atoms with Crippen LogP contribution in [0.25, 0.3) is 11.0 Å². The van der Waals surface area contributed by atoms with Crippen molar-refractivity contribution >= 4 is 11.0 Å². The summed E-state index contributed by atoms with van der Waals surface area (Å²) >= 11 is 0. The standard InChI is InChI=1S/C15H21N3O/c1-17(12-6-5-9-19-11-12)10-15-16-13-7-3-4-8-14(13)18(15)2/h3-4,7-8,12H,5-6,9-11H2,1-2H3. The van der Waals surface area contributed by atoms with Gasteiger partial charge in [-0.05, 0) is 32.0 Å². The minimum absolute atomic E-state index is 0.522. The fourth-order valence-electron chi connectivity index (χ4n) is 2.76. The van der Waals surface area contributed by atoms with Crippen molar-refractivity contribution < 1.29 is 4.74 Å². The average molecular weight is 259 g/mol. The molecule has 0 radical (unpaired) electrons. The van der Waals surface area contributed by atoms with Crippen molar-refractivity contribution in [2.75, 3.05) is 20.3 Å². The van der Waals surface area contributed by atoms with Crippen LogP contribution in [0.4, 0.5) is 0 Å². The van der Waals surface area contributed by atoms with E-state index in [4.69, 9.17) is 9.72 Å². The molecule has 0 N–H and O–H groups in total.